The first-order valence-electron chi connectivity index (χ1n) is 7.65. The molecule has 2 heterocycles. The third-order valence-electron chi connectivity index (χ3n) is 5.40. The maximum Gasteiger partial charge on any atom is 0.244 e. The van der Waals surface area contributed by atoms with Gasteiger partial charge in [0.05, 0.1) is 12.6 Å². The van der Waals surface area contributed by atoms with Crippen molar-refractivity contribution in [1.29, 1.82) is 0 Å². The Labute approximate surface area is 130 Å². The highest BCUT2D eigenvalue weighted by Crippen LogP contribution is 2.58. The van der Waals surface area contributed by atoms with Crippen molar-refractivity contribution in [3.05, 3.63) is 22.4 Å². The van der Waals surface area contributed by atoms with E-state index >= 15 is 0 Å². The maximum absolute atomic E-state index is 13.1. The third-order valence-corrected chi connectivity index (χ3v) is 6.26. The minimum absolute atomic E-state index is 0.0788. The van der Waals surface area contributed by atoms with E-state index in [2.05, 4.69) is 19.9 Å². The standard InChI is InChI=1S/C16H24N2O2S/c1-4-18(10-11-6-5-9-21-11)14(19)16(17)12-7-8-20-13(12)15(16,2)3/h5-6,9,12-13H,4,7-8,10,17H2,1-3H3. The molecule has 0 aromatic carbocycles. The fraction of sp³-hybridized carbons (Fsp3) is 0.688. The highest BCUT2D eigenvalue weighted by Gasteiger charge is 2.71. The summed E-state index contributed by atoms with van der Waals surface area (Å²) in [5.74, 6) is 0.243. The van der Waals surface area contributed by atoms with Crippen LogP contribution in [0.4, 0.5) is 0 Å². The molecule has 1 aliphatic carbocycles. The predicted molar refractivity (Wildman–Crippen MR) is 84.0 cm³/mol. The predicted octanol–water partition coefficient (Wildman–Crippen LogP) is 2.24. The normalized spacial score (nSPS) is 33.3. The molecule has 116 valence electrons. The first-order chi connectivity index (χ1) is 9.92. The quantitative estimate of drug-likeness (QED) is 0.928. The number of rotatable bonds is 4. The number of carbonyl (C=O) groups is 1. The summed E-state index contributed by atoms with van der Waals surface area (Å²) in [5, 5.41) is 2.04. The molecule has 5 heteroatoms. The molecule has 2 fully saturated rings. The van der Waals surface area contributed by atoms with Gasteiger partial charge in [0.15, 0.2) is 0 Å². The van der Waals surface area contributed by atoms with Gasteiger partial charge in [0, 0.05) is 29.4 Å². The van der Waals surface area contributed by atoms with E-state index in [1.807, 2.05) is 23.3 Å². The van der Waals surface area contributed by atoms with Crippen molar-refractivity contribution in [3.63, 3.8) is 0 Å². The molecule has 3 atom stereocenters. The Bertz CT molecular complexity index is 528. The summed E-state index contributed by atoms with van der Waals surface area (Å²) in [7, 11) is 0. The van der Waals surface area contributed by atoms with Gasteiger partial charge < -0.3 is 15.4 Å². The van der Waals surface area contributed by atoms with Crippen LogP contribution in [-0.4, -0.2) is 35.6 Å². The van der Waals surface area contributed by atoms with E-state index in [0.717, 1.165) is 13.0 Å². The summed E-state index contributed by atoms with van der Waals surface area (Å²) in [4.78, 5) is 16.2. The molecule has 4 nitrogen and oxygen atoms in total. The lowest BCUT2D eigenvalue weighted by molar-refractivity contribution is -0.184. The number of nitrogens with two attached hydrogens (primary N) is 1. The van der Waals surface area contributed by atoms with E-state index < -0.39 is 5.54 Å². The van der Waals surface area contributed by atoms with Gasteiger partial charge in [-0.2, -0.15) is 0 Å². The van der Waals surface area contributed by atoms with Crippen molar-refractivity contribution in [2.24, 2.45) is 17.1 Å². The van der Waals surface area contributed by atoms with Gasteiger partial charge in [0.25, 0.3) is 0 Å². The largest absolute Gasteiger partial charge is 0.377 e. The Kier molecular flexibility index (Phi) is 3.62. The number of thiophene rings is 1. The first-order valence-corrected chi connectivity index (χ1v) is 8.53. The number of amides is 1. The lowest BCUT2D eigenvalue weighted by atomic mass is 9.47. The first kappa shape index (κ1) is 15.0. The molecule has 2 aliphatic rings. The lowest BCUT2D eigenvalue weighted by Crippen LogP contribution is -2.80. The fourth-order valence-corrected chi connectivity index (χ4v) is 4.72. The van der Waals surface area contributed by atoms with Gasteiger partial charge in [-0.25, -0.2) is 0 Å². The van der Waals surface area contributed by atoms with E-state index in [4.69, 9.17) is 10.5 Å². The van der Waals surface area contributed by atoms with Crippen LogP contribution in [0.5, 0.6) is 0 Å². The Morgan fingerprint density at radius 1 is 1.57 bits per heavy atom. The Morgan fingerprint density at radius 2 is 2.33 bits per heavy atom. The van der Waals surface area contributed by atoms with E-state index in [1.54, 1.807) is 11.3 Å². The fourth-order valence-electron chi connectivity index (χ4n) is 4.00. The molecular formula is C16H24N2O2S. The molecule has 0 radical (unpaired) electrons. The number of likely N-dealkylation sites (N-methyl/N-ethyl adjacent to an activating group) is 1. The van der Waals surface area contributed by atoms with Gasteiger partial charge >= 0.3 is 0 Å². The monoisotopic (exact) mass is 308 g/mol. The number of ether oxygens (including phenoxy) is 1. The van der Waals surface area contributed by atoms with Gasteiger partial charge in [-0.3, -0.25) is 4.79 Å². The van der Waals surface area contributed by atoms with Crippen LogP contribution in [0.15, 0.2) is 17.5 Å². The van der Waals surface area contributed by atoms with Gasteiger partial charge in [-0.05, 0) is 24.8 Å². The molecule has 1 aromatic rings. The summed E-state index contributed by atoms with van der Waals surface area (Å²) in [6.07, 6.45) is 1.03. The Morgan fingerprint density at radius 3 is 2.95 bits per heavy atom. The zero-order valence-corrected chi connectivity index (χ0v) is 13.8. The minimum Gasteiger partial charge on any atom is -0.377 e. The van der Waals surface area contributed by atoms with Crippen molar-refractivity contribution in [3.8, 4) is 0 Å². The highest BCUT2D eigenvalue weighted by atomic mass is 32.1. The molecule has 3 rings (SSSR count). The molecule has 1 amide bonds. The zero-order valence-electron chi connectivity index (χ0n) is 13.0. The van der Waals surface area contributed by atoms with Crippen LogP contribution >= 0.6 is 11.3 Å². The highest BCUT2D eigenvalue weighted by molar-refractivity contribution is 7.09. The molecule has 3 unspecified atom stereocenters. The third kappa shape index (κ3) is 1.98. The van der Waals surface area contributed by atoms with Crippen molar-refractivity contribution in [2.75, 3.05) is 13.2 Å². The number of carbonyl (C=O) groups excluding carboxylic acids is 1. The van der Waals surface area contributed by atoms with Crippen LogP contribution in [0.1, 0.15) is 32.1 Å². The van der Waals surface area contributed by atoms with Gasteiger partial charge in [0.1, 0.15) is 5.54 Å². The molecule has 1 aromatic heterocycles. The van der Waals surface area contributed by atoms with Crippen LogP contribution in [0.2, 0.25) is 0 Å². The van der Waals surface area contributed by atoms with Crippen molar-refractivity contribution < 1.29 is 9.53 Å². The maximum atomic E-state index is 13.1. The second-order valence-corrected chi connectivity index (χ2v) is 7.71. The van der Waals surface area contributed by atoms with E-state index in [0.29, 0.717) is 13.1 Å². The number of fused-ring (bicyclic) bond motifs is 1. The van der Waals surface area contributed by atoms with Gasteiger partial charge in [-0.15, -0.1) is 11.3 Å². The van der Waals surface area contributed by atoms with Crippen LogP contribution < -0.4 is 5.73 Å². The molecular weight excluding hydrogens is 284 g/mol. The average molecular weight is 308 g/mol. The number of nitrogens with zero attached hydrogens (tertiary/aromatic N) is 1. The minimum atomic E-state index is -0.790. The Balaban J connectivity index is 1.82. The second-order valence-electron chi connectivity index (χ2n) is 6.68. The van der Waals surface area contributed by atoms with Crippen LogP contribution in [-0.2, 0) is 16.1 Å². The smallest absolute Gasteiger partial charge is 0.244 e. The van der Waals surface area contributed by atoms with Crippen molar-refractivity contribution in [2.45, 2.75) is 45.4 Å². The topological polar surface area (TPSA) is 55.6 Å². The van der Waals surface area contributed by atoms with Gasteiger partial charge in [0.2, 0.25) is 5.91 Å². The van der Waals surface area contributed by atoms with Crippen LogP contribution in [0.3, 0.4) is 0 Å². The van der Waals surface area contributed by atoms with Crippen LogP contribution in [0.25, 0.3) is 0 Å². The van der Waals surface area contributed by atoms with E-state index in [-0.39, 0.29) is 23.3 Å². The summed E-state index contributed by atoms with van der Waals surface area (Å²) in [6, 6.07) is 4.09. The number of hydrogen-bond acceptors (Lipinski definition) is 4. The average Bonchev–Trinajstić information content (AvgIpc) is 3.13. The molecule has 2 N–H and O–H groups in total. The summed E-state index contributed by atoms with van der Waals surface area (Å²) in [6.45, 7) is 8.21. The SMILES string of the molecule is CCN(Cc1cccs1)C(=O)C1(N)C2CCOC2C1(C)C. The van der Waals surface area contributed by atoms with Crippen molar-refractivity contribution in [1.82, 2.24) is 4.90 Å². The summed E-state index contributed by atoms with van der Waals surface area (Å²) < 4.78 is 5.78. The lowest BCUT2D eigenvalue weighted by Gasteiger charge is -2.61. The summed E-state index contributed by atoms with van der Waals surface area (Å²) in [5.41, 5.74) is 5.56. The zero-order chi connectivity index (χ0) is 15.3. The molecule has 0 spiro atoms. The van der Waals surface area contributed by atoms with Crippen molar-refractivity contribution >= 4 is 17.2 Å². The Hall–Kier alpha value is -0.910. The molecule has 1 aliphatic heterocycles. The summed E-state index contributed by atoms with van der Waals surface area (Å²) >= 11 is 1.68. The van der Waals surface area contributed by atoms with Crippen LogP contribution in [0, 0.1) is 11.3 Å². The van der Waals surface area contributed by atoms with Gasteiger partial charge in [-0.1, -0.05) is 19.9 Å². The number of hydrogen-bond donors (Lipinski definition) is 1. The van der Waals surface area contributed by atoms with E-state index in [1.165, 1.54) is 4.88 Å². The molecule has 0 bridgehead atoms. The molecule has 1 saturated carbocycles. The molecule has 21 heavy (non-hydrogen) atoms. The van der Waals surface area contributed by atoms with E-state index in [9.17, 15) is 4.79 Å². The second kappa shape index (κ2) is 5.07. The molecule has 1 saturated heterocycles.